The van der Waals surface area contributed by atoms with Gasteiger partial charge in [-0.1, -0.05) is 25.5 Å². The Bertz CT molecular complexity index is 246. The van der Waals surface area contributed by atoms with Gasteiger partial charge in [-0.15, -0.1) is 0 Å². The van der Waals surface area contributed by atoms with Crippen LogP contribution in [-0.2, 0) is 14.3 Å². The molecule has 0 fully saturated rings. The molecule has 0 aliphatic heterocycles. The highest BCUT2D eigenvalue weighted by Crippen LogP contribution is 1.76. The predicted octanol–water partition coefficient (Wildman–Crippen LogP) is 1.27. The third-order valence-electron chi connectivity index (χ3n) is 0.600. The monoisotopic (exact) mass is 182 g/mol. The molecule has 0 radical (unpaired) electrons. The summed E-state index contributed by atoms with van der Waals surface area (Å²) in [6.45, 7) is 9.31. The lowest BCUT2D eigenvalue weighted by Crippen LogP contribution is -1.90. The molecule has 1 N–H and O–H groups in total. The summed E-state index contributed by atoms with van der Waals surface area (Å²) in [6.07, 6.45) is 2.97. The summed E-state index contributed by atoms with van der Waals surface area (Å²) in [5, 5.41) is 7.60. The molecule has 13 heavy (non-hydrogen) atoms. The largest absolute Gasteiger partial charge is 0.478 e. The first kappa shape index (κ1) is 13.5. The van der Waals surface area contributed by atoms with E-state index in [2.05, 4.69) is 30.2 Å². The highest BCUT2D eigenvalue weighted by molar-refractivity contribution is 5.81. The minimum atomic E-state index is -0.981. The Kier molecular flexibility index (Phi) is 10.3. The lowest BCUT2D eigenvalue weighted by Gasteiger charge is -1.84. The normalized spacial score (nSPS) is 6.46. The van der Waals surface area contributed by atoms with Crippen molar-refractivity contribution < 1.29 is 19.4 Å². The minimum Gasteiger partial charge on any atom is -0.478 e. The van der Waals surface area contributed by atoms with Gasteiger partial charge in [-0.2, -0.15) is 0 Å². The van der Waals surface area contributed by atoms with Crippen LogP contribution in [0.15, 0.2) is 43.9 Å². The molecule has 0 aliphatic rings. The molecular weight excluding hydrogens is 172 g/mol. The summed E-state index contributed by atoms with van der Waals surface area (Å²) < 4.78 is 4.28. The van der Waals surface area contributed by atoms with E-state index < -0.39 is 11.9 Å². The van der Waals surface area contributed by atoms with Crippen LogP contribution in [0.4, 0.5) is 0 Å². The number of esters is 1. The Morgan fingerprint density at radius 1 is 1.31 bits per heavy atom. The van der Waals surface area contributed by atoms with Crippen molar-refractivity contribution in [1.82, 2.24) is 0 Å². The average molecular weight is 182 g/mol. The highest BCUT2D eigenvalue weighted by Gasteiger charge is 1.85. The number of hydrogen-bond donors (Lipinski definition) is 1. The average Bonchev–Trinajstić information content (AvgIpc) is 2.15. The molecule has 4 heteroatoms. The third-order valence-corrected chi connectivity index (χ3v) is 0.600. The smallest absolute Gasteiger partial charge is 0.335 e. The number of ether oxygens (including phenoxy) is 1. The quantitative estimate of drug-likeness (QED) is 0.309. The molecule has 70 valence electrons. The van der Waals surface area contributed by atoms with E-state index in [1.807, 2.05) is 0 Å². The summed E-state index contributed by atoms with van der Waals surface area (Å²) >= 11 is 0. The maximum Gasteiger partial charge on any atom is 0.335 e. The molecule has 0 spiro atoms. The van der Waals surface area contributed by atoms with Crippen LogP contribution in [0.2, 0.25) is 0 Å². The number of carboxylic acids is 1. The van der Waals surface area contributed by atoms with E-state index in [1.54, 1.807) is 0 Å². The van der Waals surface area contributed by atoms with Gasteiger partial charge in [-0.05, 0) is 0 Å². The Morgan fingerprint density at radius 3 is 2.00 bits per heavy atom. The number of rotatable bonds is 3. The first-order valence-corrected chi connectivity index (χ1v) is 3.11. The van der Waals surface area contributed by atoms with Crippen LogP contribution in [0, 0.1) is 0 Å². The molecule has 0 aromatic rings. The maximum atomic E-state index is 10.1. The Morgan fingerprint density at radius 2 is 1.77 bits per heavy atom. The van der Waals surface area contributed by atoms with E-state index in [1.165, 1.54) is 0 Å². The first-order valence-electron chi connectivity index (χ1n) is 3.11. The van der Waals surface area contributed by atoms with Crippen molar-refractivity contribution in [3.63, 3.8) is 0 Å². The predicted molar refractivity (Wildman–Crippen MR) is 47.8 cm³/mol. The number of carboxylic acid groups (broad SMARTS) is 1. The first-order chi connectivity index (χ1) is 6.08. The second-order valence-corrected chi connectivity index (χ2v) is 1.51. The molecule has 0 atom stereocenters. The Balaban J connectivity index is 0. The van der Waals surface area contributed by atoms with Gasteiger partial charge < -0.3 is 9.84 Å². The zero-order valence-corrected chi connectivity index (χ0v) is 7.03. The molecule has 0 aliphatic carbocycles. The maximum absolute atomic E-state index is 10.1. The molecule has 0 rings (SSSR count). The molecule has 4 nitrogen and oxygen atoms in total. The number of hydrogen-bond acceptors (Lipinski definition) is 3. The summed E-state index contributed by atoms with van der Waals surface area (Å²) in [5.41, 5.74) is 2.27. The van der Waals surface area contributed by atoms with Crippen LogP contribution in [-0.4, -0.2) is 17.0 Å². The van der Waals surface area contributed by atoms with Crippen molar-refractivity contribution >= 4 is 11.9 Å². The molecule has 0 saturated heterocycles. The number of carbonyl (C=O) groups excluding carboxylic acids is 1. The van der Waals surface area contributed by atoms with Crippen LogP contribution in [0.25, 0.3) is 0 Å². The van der Waals surface area contributed by atoms with Crippen LogP contribution < -0.4 is 0 Å². The molecule has 0 heterocycles. The fourth-order valence-electron chi connectivity index (χ4n) is 0.148. The van der Waals surface area contributed by atoms with Gasteiger partial charge in [0.2, 0.25) is 0 Å². The molecule has 0 aromatic heterocycles. The van der Waals surface area contributed by atoms with Gasteiger partial charge in [0.05, 0.1) is 0 Å². The lowest BCUT2D eigenvalue weighted by atomic mass is 10.7. The van der Waals surface area contributed by atoms with E-state index in [9.17, 15) is 9.59 Å². The number of carbonyl (C=O) groups is 2. The van der Waals surface area contributed by atoms with Crippen molar-refractivity contribution in [3.05, 3.63) is 43.9 Å². The van der Waals surface area contributed by atoms with Gasteiger partial charge in [0, 0.05) is 12.2 Å². The summed E-state index contributed by atoms with van der Waals surface area (Å²) in [5.74, 6) is -1.48. The van der Waals surface area contributed by atoms with Gasteiger partial charge in [-0.3, -0.25) is 0 Å². The SMILES string of the molecule is C=C=COC(=O)C=C.C=CC(=O)O. The van der Waals surface area contributed by atoms with Crippen molar-refractivity contribution in [2.45, 2.75) is 0 Å². The van der Waals surface area contributed by atoms with Gasteiger partial charge in [0.1, 0.15) is 6.26 Å². The summed E-state index contributed by atoms with van der Waals surface area (Å²) in [7, 11) is 0. The van der Waals surface area contributed by atoms with Gasteiger partial charge in [-0.25, -0.2) is 9.59 Å². The molecule has 0 aromatic carbocycles. The van der Waals surface area contributed by atoms with Crippen LogP contribution in [0.1, 0.15) is 0 Å². The second-order valence-electron chi connectivity index (χ2n) is 1.51. The third kappa shape index (κ3) is 17.8. The Labute approximate surface area is 76.1 Å². The Hall–Kier alpha value is -2.06. The van der Waals surface area contributed by atoms with Crippen LogP contribution in [0.3, 0.4) is 0 Å². The van der Waals surface area contributed by atoms with E-state index in [-0.39, 0.29) is 0 Å². The van der Waals surface area contributed by atoms with Crippen molar-refractivity contribution in [3.8, 4) is 0 Å². The second kappa shape index (κ2) is 9.94. The van der Waals surface area contributed by atoms with E-state index in [4.69, 9.17) is 5.11 Å². The minimum absolute atomic E-state index is 0.499. The molecular formula is C9H10O4. The fraction of sp³-hybridized carbons (Fsp3) is 0. The fourth-order valence-corrected chi connectivity index (χ4v) is 0.148. The summed E-state index contributed by atoms with van der Waals surface area (Å²) in [6, 6.07) is 0. The van der Waals surface area contributed by atoms with E-state index >= 15 is 0 Å². The van der Waals surface area contributed by atoms with Crippen LogP contribution >= 0.6 is 0 Å². The summed E-state index contributed by atoms with van der Waals surface area (Å²) in [4.78, 5) is 19.4. The molecule has 0 saturated carbocycles. The van der Waals surface area contributed by atoms with Crippen LogP contribution in [0.5, 0.6) is 0 Å². The van der Waals surface area contributed by atoms with E-state index in [0.29, 0.717) is 0 Å². The zero-order valence-electron chi connectivity index (χ0n) is 7.03. The highest BCUT2D eigenvalue weighted by atomic mass is 16.5. The van der Waals surface area contributed by atoms with Gasteiger partial charge in [0.15, 0.2) is 0 Å². The lowest BCUT2D eigenvalue weighted by molar-refractivity contribution is -0.132. The van der Waals surface area contributed by atoms with Crippen molar-refractivity contribution in [1.29, 1.82) is 0 Å². The van der Waals surface area contributed by atoms with Crippen molar-refractivity contribution in [2.24, 2.45) is 0 Å². The van der Waals surface area contributed by atoms with E-state index in [0.717, 1.165) is 18.4 Å². The zero-order chi connectivity index (χ0) is 10.7. The van der Waals surface area contributed by atoms with Gasteiger partial charge in [0.25, 0.3) is 0 Å². The molecule has 0 bridgehead atoms. The molecule has 0 unspecified atom stereocenters. The number of aliphatic carboxylic acids is 1. The molecule has 0 amide bonds. The van der Waals surface area contributed by atoms with Crippen molar-refractivity contribution in [2.75, 3.05) is 0 Å². The standard InChI is InChI=1S/C6H6O2.C3H4O2/c1-3-5-8-6(7)4-2;1-2-3(4)5/h4-5H,1-2H2;2H,1H2,(H,4,5). The van der Waals surface area contributed by atoms with Gasteiger partial charge >= 0.3 is 11.9 Å². The topological polar surface area (TPSA) is 63.6 Å².